The SMILES string of the molecule is Cc1ccc(C)c(N2NC(C(=O)N3CCN(S(=O)(=O)c4cccc(F)c4)CC3)=CCC2=O)c1. The van der Waals surface area contributed by atoms with E-state index < -0.39 is 15.8 Å². The highest BCUT2D eigenvalue weighted by Gasteiger charge is 2.33. The van der Waals surface area contributed by atoms with Crippen molar-refractivity contribution in [1.29, 1.82) is 0 Å². The number of aryl methyl sites for hydroxylation is 2. The highest BCUT2D eigenvalue weighted by molar-refractivity contribution is 7.89. The van der Waals surface area contributed by atoms with Gasteiger partial charge in [-0.3, -0.25) is 15.0 Å². The predicted octanol–water partition coefficient (Wildman–Crippen LogP) is 2.10. The van der Waals surface area contributed by atoms with Crippen molar-refractivity contribution < 1.29 is 22.4 Å². The molecule has 0 saturated carbocycles. The van der Waals surface area contributed by atoms with E-state index in [2.05, 4.69) is 5.43 Å². The van der Waals surface area contributed by atoms with Crippen molar-refractivity contribution in [1.82, 2.24) is 14.6 Å². The van der Waals surface area contributed by atoms with E-state index in [0.29, 0.717) is 5.69 Å². The van der Waals surface area contributed by atoms with Crippen LogP contribution in [-0.2, 0) is 19.6 Å². The summed E-state index contributed by atoms with van der Waals surface area (Å²) < 4.78 is 40.3. The number of halogens is 1. The van der Waals surface area contributed by atoms with Gasteiger partial charge in [-0.15, -0.1) is 0 Å². The summed E-state index contributed by atoms with van der Waals surface area (Å²) in [6, 6.07) is 10.6. The first-order valence-electron chi connectivity index (χ1n) is 10.6. The summed E-state index contributed by atoms with van der Waals surface area (Å²) >= 11 is 0. The molecular formula is C23H25FN4O4S. The van der Waals surface area contributed by atoms with Gasteiger partial charge in [-0.05, 0) is 55.3 Å². The maximum Gasteiger partial charge on any atom is 0.271 e. The maximum absolute atomic E-state index is 13.5. The first-order chi connectivity index (χ1) is 15.7. The normalized spacial score (nSPS) is 17.5. The molecule has 4 rings (SSSR count). The number of piperazine rings is 1. The minimum Gasteiger partial charge on any atom is -0.335 e. The zero-order chi connectivity index (χ0) is 23.8. The number of rotatable bonds is 4. The molecule has 0 radical (unpaired) electrons. The van der Waals surface area contributed by atoms with Gasteiger partial charge in [0.25, 0.3) is 5.91 Å². The smallest absolute Gasteiger partial charge is 0.271 e. The van der Waals surface area contributed by atoms with E-state index in [1.165, 1.54) is 27.5 Å². The highest BCUT2D eigenvalue weighted by atomic mass is 32.2. The molecule has 174 valence electrons. The van der Waals surface area contributed by atoms with E-state index in [0.717, 1.165) is 17.2 Å². The number of sulfonamides is 1. The highest BCUT2D eigenvalue weighted by Crippen LogP contribution is 2.24. The molecule has 1 saturated heterocycles. The van der Waals surface area contributed by atoms with Gasteiger partial charge >= 0.3 is 0 Å². The fraction of sp³-hybridized carbons (Fsp3) is 0.304. The molecule has 33 heavy (non-hydrogen) atoms. The Morgan fingerprint density at radius 2 is 1.76 bits per heavy atom. The van der Waals surface area contributed by atoms with Crippen molar-refractivity contribution in [2.75, 3.05) is 31.2 Å². The second-order valence-corrected chi connectivity index (χ2v) is 10.0. The number of nitrogens with one attached hydrogen (secondary N) is 1. The molecule has 0 atom stereocenters. The third-order valence-corrected chi connectivity index (χ3v) is 7.65. The first-order valence-corrected chi connectivity index (χ1v) is 12.0. The topological polar surface area (TPSA) is 90.0 Å². The Hall–Kier alpha value is -3.24. The van der Waals surface area contributed by atoms with Crippen LogP contribution in [0.5, 0.6) is 0 Å². The van der Waals surface area contributed by atoms with Crippen molar-refractivity contribution in [2.45, 2.75) is 25.2 Å². The molecule has 0 unspecified atom stereocenters. The number of nitrogens with zero attached hydrogens (tertiary/aromatic N) is 3. The second kappa shape index (κ2) is 8.95. The lowest BCUT2D eigenvalue weighted by atomic mass is 10.1. The van der Waals surface area contributed by atoms with Crippen LogP contribution in [0.1, 0.15) is 17.5 Å². The van der Waals surface area contributed by atoms with Crippen LogP contribution in [0.2, 0.25) is 0 Å². The van der Waals surface area contributed by atoms with Crippen LogP contribution in [0, 0.1) is 19.7 Å². The zero-order valence-corrected chi connectivity index (χ0v) is 19.2. The molecule has 1 fully saturated rings. The Labute approximate surface area is 192 Å². The Balaban J connectivity index is 1.44. The van der Waals surface area contributed by atoms with Crippen LogP contribution in [0.3, 0.4) is 0 Å². The zero-order valence-electron chi connectivity index (χ0n) is 18.4. The van der Waals surface area contributed by atoms with E-state index in [-0.39, 0.29) is 55.0 Å². The molecule has 2 aromatic rings. The molecule has 0 spiro atoms. The monoisotopic (exact) mass is 472 g/mol. The lowest BCUT2D eigenvalue weighted by Gasteiger charge is -2.36. The number of carbonyl (C=O) groups excluding carboxylic acids is 2. The fourth-order valence-corrected chi connectivity index (χ4v) is 5.33. The van der Waals surface area contributed by atoms with Crippen molar-refractivity contribution in [3.05, 3.63) is 71.2 Å². The molecule has 10 heteroatoms. The fourth-order valence-electron chi connectivity index (χ4n) is 3.88. The molecule has 0 aliphatic carbocycles. The molecule has 1 N–H and O–H groups in total. The van der Waals surface area contributed by atoms with Gasteiger partial charge in [0, 0.05) is 32.6 Å². The van der Waals surface area contributed by atoms with E-state index in [1.807, 2.05) is 32.0 Å². The Kier molecular flexibility index (Phi) is 6.22. The van der Waals surface area contributed by atoms with Crippen LogP contribution in [0.15, 0.2) is 59.1 Å². The van der Waals surface area contributed by atoms with Gasteiger partial charge in [-0.2, -0.15) is 4.31 Å². The van der Waals surface area contributed by atoms with E-state index in [4.69, 9.17) is 0 Å². The number of amides is 2. The van der Waals surface area contributed by atoms with Crippen LogP contribution in [0.4, 0.5) is 10.1 Å². The lowest BCUT2D eigenvalue weighted by Crippen LogP contribution is -2.54. The van der Waals surface area contributed by atoms with Gasteiger partial charge < -0.3 is 4.90 Å². The molecule has 2 aliphatic heterocycles. The molecule has 0 aromatic heterocycles. The van der Waals surface area contributed by atoms with E-state index >= 15 is 0 Å². The second-order valence-electron chi connectivity index (χ2n) is 8.11. The van der Waals surface area contributed by atoms with E-state index in [9.17, 15) is 22.4 Å². The van der Waals surface area contributed by atoms with Gasteiger partial charge in [0.05, 0.1) is 10.6 Å². The summed E-state index contributed by atoms with van der Waals surface area (Å²) in [4.78, 5) is 27.0. The minimum atomic E-state index is -3.85. The van der Waals surface area contributed by atoms with Crippen LogP contribution in [-0.4, -0.2) is 55.6 Å². The van der Waals surface area contributed by atoms with Gasteiger partial charge in [-0.1, -0.05) is 18.2 Å². The van der Waals surface area contributed by atoms with Gasteiger partial charge in [0.1, 0.15) is 11.5 Å². The quantitative estimate of drug-likeness (QED) is 0.736. The molecule has 2 heterocycles. The molecule has 2 aliphatic rings. The average molecular weight is 473 g/mol. The van der Waals surface area contributed by atoms with Crippen LogP contribution >= 0.6 is 0 Å². The molecule has 2 amide bonds. The maximum atomic E-state index is 13.5. The summed E-state index contributed by atoms with van der Waals surface area (Å²) in [6.45, 7) is 4.38. The minimum absolute atomic E-state index is 0.0787. The third-order valence-electron chi connectivity index (χ3n) is 5.76. The summed E-state index contributed by atoms with van der Waals surface area (Å²) in [5.41, 5.74) is 5.78. The third kappa shape index (κ3) is 4.62. The molecule has 8 nitrogen and oxygen atoms in total. The molecule has 2 aromatic carbocycles. The van der Waals surface area contributed by atoms with Crippen molar-refractivity contribution in [3.63, 3.8) is 0 Å². The number of carbonyl (C=O) groups is 2. The Morgan fingerprint density at radius 1 is 1.03 bits per heavy atom. The Bertz CT molecular complexity index is 1240. The largest absolute Gasteiger partial charge is 0.335 e. The lowest BCUT2D eigenvalue weighted by molar-refractivity contribution is -0.129. The first kappa shape index (κ1) is 22.9. The van der Waals surface area contributed by atoms with Crippen LogP contribution < -0.4 is 10.4 Å². The number of hydrogen-bond acceptors (Lipinski definition) is 5. The van der Waals surface area contributed by atoms with Crippen molar-refractivity contribution >= 4 is 27.5 Å². The standard InChI is InChI=1S/C23H25FN4O4S/c1-16-6-7-17(2)21(14-16)28-22(29)9-8-20(25-28)23(30)26-10-12-27(13-11-26)33(31,32)19-5-3-4-18(24)15-19/h3-8,14-15,25H,9-13H2,1-2H3. The van der Waals surface area contributed by atoms with Gasteiger partial charge in [0.15, 0.2) is 0 Å². The van der Waals surface area contributed by atoms with Crippen molar-refractivity contribution in [3.8, 4) is 0 Å². The Morgan fingerprint density at radius 3 is 2.45 bits per heavy atom. The summed E-state index contributed by atoms with van der Waals surface area (Å²) in [7, 11) is -3.85. The molecule has 0 bridgehead atoms. The molecular weight excluding hydrogens is 447 g/mol. The summed E-state index contributed by atoms with van der Waals surface area (Å²) in [5, 5.41) is 1.39. The number of benzene rings is 2. The van der Waals surface area contributed by atoms with Gasteiger partial charge in [0.2, 0.25) is 15.9 Å². The van der Waals surface area contributed by atoms with Gasteiger partial charge in [-0.25, -0.2) is 17.8 Å². The summed E-state index contributed by atoms with van der Waals surface area (Å²) in [5.74, 6) is -1.10. The van der Waals surface area contributed by atoms with E-state index in [1.54, 1.807) is 11.0 Å². The van der Waals surface area contributed by atoms with Crippen molar-refractivity contribution in [2.24, 2.45) is 0 Å². The van der Waals surface area contributed by atoms with Crippen LogP contribution in [0.25, 0.3) is 0 Å². The number of anilines is 1. The predicted molar refractivity (Wildman–Crippen MR) is 121 cm³/mol. The summed E-state index contributed by atoms with van der Waals surface area (Å²) in [6.07, 6.45) is 1.64. The number of hydrogen-bond donors (Lipinski definition) is 1. The number of hydrazine groups is 1. The average Bonchev–Trinajstić information content (AvgIpc) is 2.81.